The largest absolute Gasteiger partial charge is 0.326 e. The van der Waals surface area contributed by atoms with Crippen LogP contribution in [-0.2, 0) is 19.6 Å². The summed E-state index contributed by atoms with van der Waals surface area (Å²) in [5.74, 6) is -1.07. The Bertz CT molecular complexity index is 1260. The van der Waals surface area contributed by atoms with Gasteiger partial charge < -0.3 is 5.32 Å². The van der Waals surface area contributed by atoms with Gasteiger partial charge in [0.1, 0.15) is 11.0 Å². The average molecular weight is 567 g/mol. The molecule has 12 heteroatoms. The van der Waals surface area contributed by atoms with Crippen molar-refractivity contribution in [3.63, 3.8) is 0 Å². The monoisotopic (exact) mass is 565 g/mol. The van der Waals surface area contributed by atoms with Crippen molar-refractivity contribution in [2.45, 2.75) is 38.1 Å². The number of sulfonamides is 1. The molecule has 2 aromatic carbocycles. The lowest BCUT2D eigenvalue weighted by atomic mass is 9.99. The first-order valence-electron chi connectivity index (χ1n) is 10.4. The minimum absolute atomic E-state index is 0.0175. The van der Waals surface area contributed by atoms with Gasteiger partial charge in [-0.05, 0) is 42.3 Å². The van der Waals surface area contributed by atoms with Gasteiger partial charge in [0.05, 0.1) is 4.90 Å². The van der Waals surface area contributed by atoms with Gasteiger partial charge in [-0.1, -0.05) is 59.7 Å². The fraction of sp³-hybridized carbons (Fsp3) is 0.273. The van der Waals surface area contributed by atoms with Gasteiger partial charge >= 0.3 is 0 Å². The third-order valence-corrected chi connectivity index (χ3v) is 7.88. The molecule has 0 aliphatic rings. The zero-order chi connectivity index (χ0) is 24.9. The van der Waals surface area contributed by atoms with Crippen molar-refractivity contribution in [2.24, 2.45) is 5.92 Å². The van der Waals surface area contributed by atoms with Crippen LogP contribution >= 0.6 is 27.3 Å². The van der Waals surface area contributed by atoms with Crippen LogP contribution in [0.1, 0.15) is 27.2 Å². The lowest BCUT2D eigenvalue weighted by Crippen LogP contribution is -2.47. The predicted octanol–water partition coefficient (Wildman–Crippen LogP) is 4.26. The number of anilines is 2. The zero-order valence-electron chi connectivity index (χ0n) is 18.7. The first-order chi connectivity index (χ1) is 16.1. The van der Waals surface area contributed by atoms with E-state index in [9.17, 15) is 18.0 Å². The summed E-state index contributed by atoms with van der Waals surface area (Å²) in [6, 6.07) is 12.2. The van der Waals surface area contributed by atoms with E-state index >= 15 is 0 Å². The van der Waals surface area contributed by atoms with Crippen LogP contribution < -0.4 is 15.4 Å². The average Bonchev–Trinajstić information content (AvgIpc) is 3.25. The highest BCUT2D eigenvalue weighted by molar-refractivity contribution is 9.10. The quantitative estimate of drug-likeness (QED) is 0.355. The molecule has 9 nitrogen and oxygen atoms in total. The number of amides is 2. The van der Waals surface area contributed by atoms with Crippen molar-refractivity contribution in [3.05, 3.63) is 53.0 Å². The Balaban J connectivity index is 1.75. The molecule has 0 saturated heterocycles. The van der Waals surface area contributed by atoms with Gasteiger partial charge in [0, 0.05) is 22.6 Å². The van der Waals surface area contributed by atoms with E-state index in [-0.39, 0.29) is 21.9 Å². The van der Waals surface area contributed by atoms with E-state index in [1.54, 1.807) is 6.92 Å². The second-order valence-corrected chi connectivity index (χ2v) is 11.2. The SMILES string of the molecule is CCC(C)C(NS(=O)(=O)c1ccc(NC(C)=O)cc1)C(=O)Nc1nnc(-c2ccc(Br)cc2)s1. The number of nitrogens with zero attached hydrogens (tertiary/aromatic N) is 2. The van der Waals surface area contributed by atoms with Gasteiger partial charge in [0.25, 0.3) is 0 Å². The van der Waals surface area contributed by atoms with Crippen LogP contribution in [0, 0.1) is 5.92 Å². The van der Waals surface area contributed by atoms with Crippen LogP contribution in [0.25, 0.3) is 10.6 Å². The molecule has 0 radical (unpaired) electrons. The summed E-state index contributed by atoms with van der Waals surface area (Å²) in [4.78, 5) is 24.2. The Morgan fingerprint density at radius 1 is 1.03 bits per heavy atom. The highest BCUT2D eigenvalue weighted by atomic mass is 79.9. The highest BCUT2D eigenvalue weighted by Gasteiger charge is 2.30. The molecule has 2 unspecified atom stereocenters. The Labute approximate surface area is 210 Å². The van der Waals surface area contributed by atoms with E-state index in [2.05, 4.69) is 41.5 Å². The molecule has 0 spiro atoms. The van der Waals surface area contributed by atoms with Crippen LogP contribution in [0.5, 0.6) is 0 Å². The van der Waals surface area contributed by atoms with Gasteiger partial charge in [-0.15, -0.1) is 10.2 Å². The Morgan fingerprint density at radius 2 is 1.68 bits per heavy atom. The first kappa shape index (κ1) is 25.9. The molecule has 1 heterocycles. The van der Waals surface area contributed by atoms with Gasteiger partial charge in [-0.25, -0.2) is 8.42 Å². The summed E-state index contributed by atoms with van der Waals surface area (Å²) in [7, 11) is -4.00. The number of hydrogen-bond acceptors (Lipinski definition) is 7. The maximum absolute atomic E-state index is 13.0. The lowest BCUT2D eigenvalue weighted by molar-refractivity contribution is -0.118. The second kappa shape index (κ2) is 11.2. The smallest absolute Gasteiger partial charge is 0.244 e. The number of aromatic nitrogens is 2. The molecular weight excluding hydrogens is 542 g/mol. The molecule has 180 valence electrons. The van der Waals surface area contributed by atoms with Gasteiger partial charge in [0.15, 0.2) is 0 Å². The van der Waals surface area contributed by atoms with Gasteiger partial charge in [-0.3, -0.25) is 14.9 Å². The Morgan fingerprint density at radius 3 is 2.26 bits per heavy atom. The van der Waals surface area contributed by atoms with Crippen LogP contribution in [0.15, 0.2) is 57.9 Å². The van der Waals surface area contributed by atoms with Gasteiger partial charge in [0.2, 0.25) is 27.0 Å². The summed E-state index contributed by atoms with van der Waals surface area (Å²) >= 11 is 4.58. The summed E-state index contributed by atoms with van der Waals surface area (Å²) in [5, 5.41) is 14.3. The van der Waals surface area contributed by atoms with Gasteiger partial charge in [-0.2, -0.15) is 4.72 Å². The highest BCUT2D eigenvalue weighted by Crippen LogP contribution is 2.28. The lowest BCUT2D eigenvalue weighted by Gasteiger charge is -2.23. The number of hydrogen-bond donors (Lipinski definition) is 3. The van der Waals surface area contributed by atoms with E-state index < -0.39 is 22.0 Å². The topological polar surface area (TPSA) is 130 Å². The molecule has 3 N–H and O–H groups in total. The van der Waals surface area contributed by atoms with Crippen LogP contribution in [-0.4, -0.2) is 36.5 Å². The predicted molar refractivity (Wildman–Crippen MR) is 136 cm³/mol. The third kappa shape index (κ3) is 6.69. The molecule has 0 fully saturated rings. The molecule has 0 saturated carbocycles. The maximum atomic E-state index is 13.0. The molecule has 3 rings (SSSR count). The minimum atomic E-state index is -4.00. The number of carbonyl (C=O) groups excluding carboxylic acids is 2. The van der Waals surface area contributed by atoms with E-state index in [0.717, 1.165) is 10.0 Å². The van der Waals surface area contributed by atoms with Crippen molar-refractivity contribution in [1.29, 1.82) is 0 Å². The number of carbonyl (C=O) groups is 2. The summed E-state index contributed by atoms with van der Waals surface area (Å²) in [5.41, 5.74) is 1.32. The number of nitrogens with one attached hydrogen (secondary N) is 3. The molecule has 0 aliphatic carbocycles. The number of halogens is 1. The second-order valence-electron chi connectivity index (χ2n) is 7.60. The van der Waals surface area contributed by atoms with E-state index in [0.29, 0.717) is 17.1 Å². The number of rotatable bonds is 9. The molecule has 1 aromatic heterocycles. The molecular formula is C22H24BrN5O4S2. The summed E-state index contributed by atoms with van der Waals surface area (Å²) in [6.07, 6.45) is 0.572. The number of benzene rings is 2. The van der Waals surface area contributed by atoms with E-state index in [1.807, 2.05) is 31.2 Å². The molecule has 0 bridgehead atoms. The third-order valence-electron chi connectivity index (χ3n) is 5.01. The van der Waals surface area contributed by atoms with E-state index in [4.69, 9.17) is 0 Å². The summed E-state index contributed by atoms with van der Waals surface area (Å²) in [6.45, 7) is 5.03. The Hall–Kier alpha value is -2.67. The van der Waals surface area contributed by atoms with Crippen LogP contribution in [0.2, 0.25) is 0 Å². The Kier molecular flexibility index (Phi) is 8.52. The molecule has 2 atom stereocenters. The minimum Gasteiger partial charge on any atom is -0.326 e. The molecule has 0 aliphatic heterocycles. The standard InChI is InChI=1S/C22H24BrN5O4S2/c1-4-13(2)19(28-34(31,32)18-11-9-17(10-12-18)24-14(3)29)20(30)25-22-27-26-21(33-22)15-5-7-16(23)8-6-15/h5-13,19,28H,4H2,1-3H3,(H,24,29)(H,25,27,30). The van der Waals surface area contributed by atoms with Crippen LogP contribution in [0.4, 0.5) is 10.8 Å². The molecule has 3 aromatic rings. The van der Waals surface area contributed by atoms with E-state index in [1.165, 1.54) is 42.5 Å². The molecule has 34 heavy (non-hydrogen) atoms. The molecule has 2 amide bonds. The van der Waals surface area contributed by atoms with Crippen molar-refractivity contribution in [2.75, 3.05) is 10.6 Å². The first-order valence-corrected chi connectivity index (χ1v) is 13.5. The van der Waals surface area contributed by atoms with Crippen molar-refractivity contribution in [1.82, 2.24) is 14.9 Å². The van der Waals surface area contributed by atoms with Crippen LogP contribution in [0.3, 0.4) is 0 Å². The zero-order valence-corrected chi connectivity index (χ0v) is 21.9. The van der Waals surface area contributed by atoms with Crippen molar-refractivity contribution in [3.8, 4) is 10.6 Å². The van der Waals surface area contributed by atoms with Crippen molar-refractivity contribution < 1.29 is 18.0 Å². The van der Waals surface area contributed by atoms with Crippen molar-refractivity contribution >= 4 is 59.9 Å². The normalized spacial score (nSPS) is 13.2. The fourth-order valence-electron chi connectivity index (χ4n) is 2.99. The maximum Gasteiger partial charge on any atom is 0.244 e. The summed E-state index contributed by atoms with van der Waals surface area (Å²) < 4.78 is 29.4. The fourth-order valence-corrected chi connectivity index (χ4v) is 5.31.